The van der Waals surface area contributed by atoms with E-state index >= 15 is 0 Å². The van der Waals surface area contributed by atoms with Gasteiger partial charge in [0.15, 0.2) is 8.03 Å². The van der Waals surface area contributed by atoms with Gasteiger partial charge in [-0.1, -0.05) is 20.3 Å². The van der Waals surface area contributed by atoms with Gasteiger partial charge in [0.05, 0.1) is 0 Å². The first-order valence-corrected chi connectivity index (χ1v) is 5.29. The Hall–Kier alpha value is 0.150. The Morgan fingerprint density at radius 1 is 1.45 bits per heavy atom. The lowest BCUT2D eigenvalue weighted by atomic mass is 10.1. The Morgan fingerprint density at radius 3 is 2.36 bits per heavy atom. The normalized spacial score (nSPS) is 14.9. The summed E-state index contributed by atoms with van der Waals surface area (Å²) in [5.41, 5.74) is 5.30. The zero-order valence-corrected chi connectivity index (χ0v) is 8.26. The van der Waals surface area contributed by atoms with Crippen LogP contribution in [-0.2, 0) is 4.57 Å². The van der Waals surface area contributed by atoms with Crippen molar-refractivity contribution in [1.82, 2.24) is 0 Å². The van der Waals surface area contributed by atoms with Crippen molar-refractivity contribution in [3.63, 3.8) is 0 Å². The van der Waals surface area contributed by atoms with Crippen molar-refractivity contribution >= 4 is 8.03 Å². The fourth-order valence-corrected chi connectivity index (χ4v) is 1.21. The molecular formula is C7H18NO2P. The summed E-state index contributed by atoms with van der Waals surface area (Å²) in [7, 11) is -2.38. The van der Waals surface area contributed by atoms with E-state index in [1.165, 1.54) is 0 Å². The summed E-state index contributed by atoms with van der Waals surface area (Å²) in [5.74, 6) is 0. The van der Waals surface area contributed by atoms with E-state index in [4.69, 9.17) is 10.6 Å². The molecule has 0 aromatic carbocycles. The van der Waals surface area contributed by atoms with Crippen LogP contribution in [-0.4, -0.2) is 16.6 Å². The molecule has 0 amide bonds. The molecule has 1 unspecified atom stereocenters. The molecule has 11 heavy (non-hydrogen) atoms. The molecule has 0 aromatic rings. The molecular weight excluding hydrogens is 161 g/mol. The topological polar surface area (TPSA) is 63.3 Å². The third-order valence-electron chi connectivity index (χ3n) is 1.83. The minimum Gasteiger partial charge on any atom is -0.346 e. The van der Waals surface area contributed by atoms with Crippen molar-refractivity contribution in [2.24, 2.45) is 5.73 Å². The number of rotatable bonds is 5. The maximum Gasteiger partial charge on any atom is 0.194 e. The Morgan fingerprint density at radius 2 is 2.00 bits per heavy atom. The van der Waals surface area contributed by atoms with Crippen LogP contribution in [0.25, 0.3) is 0 Å². The van der Waals surface area contributed by atoms with Crippen LogP contribution in [0.2, 0.25) is 0 Å². The predicted molar refractivity (Wildman–Crippen MR) is 48.2 cm³/mol. The van der Waals surface area contributed by atoms with E-state index in [0.717, 1.165) is 19.3 Å². The van der Waals surface area contributed by atoms with Gasteiger partial charge in [0, 0.05) is 5.16 Å². The highest BCUT2D eigenvalue weighted by Gasteiger charge is 2.22. The molecule has 0 aliphatic carbocycles. The lowest BCUT2D eigenvalue weighted by molar-refractivity contribution is 0.446. The second kappa shape index (κ2) is 4.91. The predicted octanol–water partition coefficient (Wildman–Crippen LogP) is 1.36. The van der Waals surface area contributed by atoms with E-state index in [2.05, 4.69) is 0 Å². The quantitative estimate of drug-likeness (QED) is 0.494. The van der Waals surface area contributed by atoms with E-state index in [1.54, 1.807) is 0 Å². The Labute approximate surface area is 68.9 Å². The first-order valence-electron chi connectivity index (χ1n) is 3.94. The zero-order chi connectivity index (χ0) is 8.91. The molecule has 0 spiro atoms. The zero-order valence-electron chi connectivity index (χ0n) is 7.26. The molecule has 0 rings (SSSR count). The molecule has 0 saturated heterocycles. The van der Waals surface area contributed by atoms with Crippen molar-refractivity contribution in [3.8, 4) is 0 Å². The van der Waals surface area contributed by atoms with Gasteiger partial charge in [0.1, 0.15) is 0 Å². The Bertz CT molecular complexity index is 136. The molecule has 0 heterocycles. The molecule has 0 radical (unpaired) electrons. The van der Waals surface area contributed by atoms with Crippen LogP contribution < -0.4 is 5.73 Å². The highest BCUT2D eigenvalue weighted by atomic mass is 31.1. The fourth-order valence-electron chi connectivity index (χ4n) is 0.818. The molecule has 4 heteroatoms. The van der Waals surface area contributed by atoms with Gasteiger partial charge in [0.2, 0.25) is 0 Å². The van der Waals surface area contributed by atoms with E-state index < -0.39 is 13.2 Å². The second-order valence-electron chi connectivity index (χ2n) is 3.43. The smallest absolute Gasteiger partial charge is 0.194 e. The number of unbranched alkanes of at least 4 members (excludes halogenated alkanes) is 1. The van der Waals surface area contributed by atoms with Crippen molar-refractivity contribution in [3.05, 3.63) is 0 Å². The van der Waals surface area contributed by atoms with Crippen molar-refractivity contribution in [2.75, 3.05) is 6.54 Å². The average Bonchev–Trinajstić information content (AvgIpc) is 1.88. The number of hydrogen-bond acceptors (Lipinski definition) is 2. The van der Waals surface area contributed by atoms with E-state index in [1.807, 2.05) is 13.8 Å². The summed E-state index contributed by atoms with van der Waals surface area (Å²) in [6, 6.07) is 0. The van der Waals surface area contributed by atoms with Gasteiger partial charge in [-0.2, -0.15) is 0 Å². The van der Waals surface area contributed by atoms with Crippen LogP contribution >= 0.6 is 8.03 Å². The lowest BCUT2D eigenvalue weighted by Crippen LogP contribution is -2.14. The average molecular weight is 179 g/mol. The molecule has 3 N–H and O–H groups in total. The highest BCUT2D eigenvalue weighted by molar-refractivity contribution is 7.39. The van der Waals surface area contributed by atoms with Crippen LogP contribution in [0.4, 0.5) is 0 Å². The van der Waals surface area contributed by atoms with E-state index in [-0.39, 0.29) is 0 Å². The molecule has 0 aliphatic rings. The minimum atomic E-state index is -2.38. The summed E-state index contributed by atoms with van der Waals surface area (Å²) in [6.45, 7) is 4.32. The molecule has 0 saturated carbocycles. The lowest BCUT2D eigenvalue weighted by Gasteiger charge is -2.19. The summed E-state index contributed by atoms with van der Waals surface area (Å²) >= 11 is 0. The number of hydrogen-bond donors (Lipinski definition) is 2. The molecule has 0 bridgehead atoms. The van der Waals surface area contributed by atoms with Gasteiger partial charge in [-0.15, -0.1) is 0 Å². The van der Waals surface area contributed by atoms with Crippen LogP contribution in [0.1, 0.15) is 33.1 Å². The van der Waals surface area contributed by atoms with Gasteiger partial charge in [-0.3, -0.25) is 4.57 Å². The molecule has 0 aliphatic heterocycles. The van der Waals surface area contributed by atoms with Gasteiger partial charge >= 0.3 is 0 Å². The summed E-state index contributed by atoms with van der Waals surface area (Å²) in [5, 5.41) is -0.403. The summed E-state index contributed by atoms with van der Waals surface area (Å²) < 4.78 is 10.8. The monoisotopic (exact) mass is 179 g/mol. The molecule has 1 atom stereocenters. The highest BCUT2D eigenvalue weighted by Crippen LogP contribution is 2.38. The van der Waals surface area contributed by atoms with Crippen LogP contribution in [0.15, 0.2) is 0 Å². The maximum atomic E-state index is 10.8. The SMILES string of the molecule is CC(C)(CCCCN)[PH](=O)O. The molecule has 3 nitrogen and oxygen atoms in total. The molecule has 68 valence electrons. The van der Waals surface area contributed by atoms with Gasteiger partial charge in [0.25, 0.3) is 0 Å². The van der Waals surface area contributed by atoms with Crippen molar-refractivity contribution < 1.29 is 9.46 Å². The van der Waals surface area contributed by atoms with Gasteiger partial charge in [-0.25, -0.2) is 0 Å². The third-order valence-corrected chi connectivity index (χ3v) is 3.24. The molecule has 0 fully saturated rings. The summed E-state index contributed by atoms with van der Waals surface area (Å²) in [4.78, 5) is 8.89. The fraction of sp³-hybridized carbons (Fsp3) is 1.00. The van der Waals surface area contributed by atoms with Crippen molar-refractivity contribution in [1.29, 1.82) is 0 Å². The largest absolute Gasteiger partial charge is 0.346 e. The standard InChI is InChI=1S/C7H18NO2P/c1-7(2,11(9)10)5-3-4-6-8/h11H,3-6,8H2,1-2H3,(H,9,10). The third kappa shape index (κ3) is 4.57. The first kappa shape index (κ1) is 11.2. The van der Waals surface area contributed by atoms with Crippen molar-refractivity contribution in [2.45, 2.75) is 38.3 Å². The minimum absolute atomic E-state index is 0.403. The van der Waals surface area contributed by atoms with Gasteiger partial charge in [-0.05, 0) is 19.4 Å². The maximum absolute atomic E-state index is 10.8. The van der Waals surface area contributed by atoms with Crippen LogP contribution in [0.5, 0.6) is 0 Å². The Balaban J connectivity index is 3.64. The van der Waals surface area contributed by atoms with Gasteiger partial charge < -0.3 is 10.6 Å². The number of nitrogens with two attached hydrogens (primary N) is 1. The van der Waals surface area contributed by atoms with Crippen LogP contribution in [0, 0.1) is 0 Å². The second-order valence-corrected chi connectivity index (χ2v) is 5.40. The Kier molecular flexibility index (Phi) is 4.98. The van der Waals surface area contributed by atoms with E-state index in [0.29, 0.717) is 6.54 Å². The van der Waals surface area contributed by atoms with E-state index in [9.17, 15) is 4.57 Å². The summed E-state index contributed by atoms with van der Waals surface area (Å²) in [6.07, 6.45) is 2.68. The molecule has 0 aromatic heterocycles. The van der Waals surface area contributed by atoms with Crippen LogP contribution in [0.3, 0.4) is 0 Å². The first-order chi connectivity index (χ1) is 5.00.